The molecule has 0 aliphatic heterocycles. The molecule has 5 nitrogen and oxygen atoms in total. The van der Waals surface area contributed by atoms with Crippen molar-refractivity contribution in [1.29, 1.82) is 0 Å². The van der Waals surface area contributed by atoms with Crippen LogP contribution in [0.2, 0.25) is 0 Å². The molecular formula is C20H26BN2O3. The van der Waals surface area contributed by atoms with Crippen molar-refractivity contribution in [1.82, 2.24) is 10.3 Å². The molecule has 0 saturated heterocycles. The van der Waals surface area contributed by atoms with Crippen LogP contribution in [-0.4, -0.2) is 41.2 Å². The first-order chi connectivity index (χ1) is 12.2. The van der Waals surface area contributed by atoms with Gasteiger partial charge in [-0.05, 0) is 63.9 Å². The van der Waals surface area contributed by atoms with Gasteiger partial charge in [0.2, 0.25) is 0 Å². The highest BCUT2D eigenvalue weighted by atomic mass is 16.5. The number of rotatable bonds is 8. The number of amides is 1. The summed E-state index contributed by atoms with van der Waals surface area (Å²) in [6.45, 7) is 7.64. The zero-order valence-corrected chi connectivity index (χ0v) is 15.8. The van der Waals surface area contributed by atoms with Gasteiger partial charge in [0.05, 0.1) is 11.2 Å². The maximum Gasteiger partial charge on any atom is 0.330 e. The Hall–Kier alpha value is -2.18. The van der Waals surface area contributed by atoms with Crippen LogP contribution in [0.3, 0.4) is 0 Å². The SMILES string of the molecule is CC(C)(O)C(C)(C)O[B]c1ccc(C(=O)NCCc2ccncc2)cc1. The molecule has 0 spiro atoms. The molecule has 0 aliphatic rings. The average Bonchev–Trinajstić information content (AvgIpc) is 2.60. The van der Waals surface area contributed by atoms with E-state index in [0.717, 1.165) is 17.4 Å². The predicted molar refractivity (Wildman–Crippen MR) is 104 cm³/mol. The van der Waals surface area contributed by atoms with Crippen LogP contribution in [-0.2, 0) is 11.1 Å². The van der Waals surface area contributed by atoms with Crippen molar-refractivity contribution < 1.29 is 14.6 Å². The van der Waals surface area contributed by atoms with Crippen LogP contribution in [0.5, 0.6) is 0 Å². The van der Waals surface area contributed by atoms with Crippen LogP contribution in [0.25, 0.3) is 0 Å². The summed E-state index contributed by atoms with van der Waals surface area (Å²) < 4.78 is 5.71. The van der Waals surface area contributed by atoms with Gasteiger partial charge in [-0.2, -0.15) is 0 Å². The van der Waals surface area contributed by atoms with Gasteiger partial charge in [-0.25, -0.2) is 0 Å². The summed E-state index contributed by atoms with van der Waals surface area (Å²) in [7, 11) is 1.60. The van der Waals surface area contributed by atoms with Crippen LogP contribution in [0, 0.1) is 0 Å². The molecule has 0 atom stereocenters. The molecule has 2 N–H and O–H groups in total. The first-order valence-corrected chi connectivity index (χ1v) is 8.70. The van der Waals surface area contributed by atoms with Crippen molar-refractivity contribution in [3.8, 4) is 0 Å². The van der Waals surface area contributed by atoms with E-state index in [1.807, 2.05) is 38.1 Å². The lowest BCUT2D eigenvalue weighted by Gasteiger charge is -2.37. The number of aromatic nitrogens is 1. The fourth-order valence-corrected chi connectivity index (χ4v) is 2.04. The molecule has 1 radical (unpaired) electrons. The molecule has 1 aromatic carbocycles. The monoisotopic (exact) mass is 353 g/mol. The largest absolute Gasteiger partial charge is 0.427 e. The Balaban J connectivity index is 1.83. The predicted octanol–water partition coefficient (Wildman–Crippen LogP) is 1.86. The van der Waals surface area contributed by atoms with E-state index in [4.69, 9.17) is 4.65 Å². The van der Waals surface area contributed by atoms with E-state index in [0.29, 0.717) is 12.1 Å². The quantitative estimate of drug-likeness (QED) is 0.711. The molecule has 0 aliphatic carbocycles. The summed E-state index contributed by atoms with van der Waals surface area (Å²) in [4.78, 5) is 16.2. The molecule has 26 heavy (non-hydrogen) atoms. The van der Waals surface area contributed by atoms with Crippen LogP contribution in [0.4, 0.5) is 0 Å². The zero-order chi connectivity index (χ0) is 19.2. The molecule has 0 saturated carbocycles. The summed E-state index contributed by atoms with van der Waals surface area (Å²) in [6, 6.07) is 11.0. The second-order valence-electron chi connectivity index (χ2n) is 7.29. The molecule has 2 aromatic rings. The Morgan fingerprint density at radius 2 is 1.73 bits per heavy atom. The number of aliphatic hydroxyl groups is 1. The van der Waals surface area contributed by atoms with E-state index in [9.17, 15) is 9.90 Å². The highest BCUT2D eigenvalue weighted by Crippen LogP contribution is 2.24. The lowest BCUT2D eigenvalue weighted by Crippen LogP contribution is -2.49. The van der Waals surface area contributed by atoms with Gasteiger partial charge in [0.25, 0.3) is 5.91 Å². The van der Waals surface area contributed by atoms with Gasteiger partial charge in [0, 0.05) is 24.5 Å². The van der Waals surface area contributed by atoms with Crippen molar-refractivity contribution in [2.24, 2.45) is 0 Å². The fourth-order valence-electron chi connectivity index (χ4n) is 2.04. The Morgan fingerprint density at radius 3 is 2.31 bits per heavy atom. The van der Waals surface area contributed by atoms with Gasteiger partial charge in [-0.1, -0.05) is 17.6 Å². The zero-order valence-electron chi connectivity index (χ0n) is 15.8. The molecule has 0 bridgehead atoms. The number of hydrogen-bond acceptors (Lipinski definition) is 4. The van der Waals surface area contributed by atoms with Crippen molar-refractivity contribution >= 4 is 18.9 Å². The molecule has 1 heterocycles. The van der Waals surface area contributed by atoms with Crippen LogP contribution in [0.15, 0.2) is 48.8 Å². The second kappa shape index (κ2) is 8.47. The van der Waals surface area contributed by atoms with Gasteiger partial charge >= 0.3 is 7.48 Å². The molecule has 6 heteroatoms. The van der Waals surface area contributed by atoms with Crippen LogP contribution in [0.1, 0.15) is 43.6 Å². The average molecular weight is 353 g/mol. The maximum atomic E-state index is 12.2. The molecule has 137 valence electrons. The molecule has 1 aromatic heterocycles. The molecular weight excluding hydrogens is 327 g/mol. The van der Waals surface area contributed by atoms with E-state index < -0.39 is 11.2 Å². The molecule has 2 rings (SSSR count). The highest BCUT2D eigenvalue weighted by molar-refractivity contribution is 6.47. The van der Waals surface area contributed by atoms with Crippen molar-refractivity contribution in [3.63, 3.8) is 0 Å². The minimum Gasteiger partial charge on any atom is -0.427 e. The standard InChI is InChI=1S/C20H26BN2O3/c1-19(2,25)20(3,4)26-21-17-7-5-16(6-8-17)18(24)23-14-11-15-9-12-22-13-10-15/h5-10,12-13,25H,11,14H2,1-4H3,(H,23,24). The van der Waals surface area contributed by atoms with Crippen LogP contribution < -0.4 is 10.8 Å². The van der Waals surface area contributed by atoms with E-state index >= 15 is 0 Å². The normalized spacial score (nSPS) is 11.9. The highest BCUT2D eigenvalue weighted by Gasteiger charge is 2.35. The van der Waals surface area contributed by atoms with E-state index in [-0.39, 0.29) is 5.91 Å². The maximum absolute atomic E-state index is 12.2. The Kier molecular flexibility index (Phi) is 6.56. The number of pyridine rings is 1. The number of carbonyl (C=O) groups is 1. The van der Waals surface area contributed by atoms with Gasteiger partial charge in [0.1, 0.15) is 0 Å². The number of hydrogen-bond donors (Lipinski definition) is 2. The first-order valence-electron chi connectivity index (χ1n) is 8.70. The summed E-state index contributed by atoms with van der Waals surface area (Å²) in [5, 5.41) is 13.0. The van der Waals surface area contributed by atoms with Crippen LogP contribution >= 0.6 is 0 Å². The number of carbonyl (C=O) groups excluding carboxylic acids is 1. The third kappa shape index (κ3) is 5.68. The second-order valence-corrected chi connectivity index (χ2v) is 7.29. The number of benzene rings is 1. The lowest BCUT2D eigenvalue weighted by atomic mass is 9.82. The summed E-state index contributed by atoms with van der Waals surface area (Å²) in [5.74, 6) is -0.108. The van der Waals surface area contributed by atoms with E-state index in [1.165, 1.54) is 0 Å². The topological polar surface area (TPSA) is 71.5 Å². The third-order valence-electron chi connectivity index (χ3n) is 4.58. The fraction of sp³-hybridized carbons (Fsp3) is 0.400. The smallest absolute Gasteiger partial charge is 0.330 e. The Labute approximate surface area is 156 Å². The Morgan fingerprint density at radius 1 is 1.12 bits per heavy atom. The van der Waals surface area contributed by atoms with E-state index in [2.05, 4.69) is 10.3 Å². The van der Waals surface area contributed by atoms with Gasteiger partial charge in [0.15, 0.2) is 0 Å². The van der Waals surface area contributed by atoms with Crippen molar-refractivity contribution in [2.75, 3.05) is 6.54 Å². The summed E-state index contributed by atoms with van der Waals surface area (Å²) in [5.41, 5.74) is 0.861. The van der Waals surface area contributed by atoms with Gasteiger partial charge < -0.3 is 15.1 Å². The first kappa shape index (κ1) is 20.1. The van der Waals surface area contributed by atoms with Crippen molar-refractivity contribution in [2.45, 2.75) is 45.3 Å². The Bertz CT molecular complexity index is 710. The van der Waals surface area contributed by atoms with E-state index in [1.54, 1.807) is 45.9 Å². The molecule has 0 unspecified atom stereocenters. The number of nitrogens with one attached hydrogen (secondary N) is 1. The lowest BCUT2D eigenvalue weighted by molar-refractivity contribution is -0.0893. The molecule has 0 fully saturated rings. The molecule has 1 amide bonds. The number of nitrogens with zero attached hydrogens (tertiary/aromatic N) is 1. The summed E-state index contributed by atoms with van der Waals surface area (Å²) >= 11 is 0. The summed E-state index contributed by atoms with van der Waals surface area (Å²) in [6.07, 6.45) is 4.25. The van der Waals surface area contributed by atoms with Gasteiger partial charge in [-0.3, -0.25) is 9.78 Å². The van der Waals surface area contributed by atoms with Gasteiger partial charge in [-0.15, -0.1) is 0 Å². The third-order valence-corrected chi connectivity index (χ3v) is 4.58. The minimum atomic E-state index is -0.974. The minimum absolute atomic E-state index is 0.108. The van der Waals surface area contributed by atoms with Crippen molar-refractivity contribution in [3.05, 3.63) is 59.9 Å².